The summed E-state index contributed by atoms with van der Waals surface area (Å²) in [5.74, 6) is -0.622. The minimum absolute atomic E-state index is 0.157. The third-order valence-electron chi connectivity index (χ3n) is 4.14. The average Bonchev–Trinajstić information content (AvgIpc) is 3.19. The number of carbonyl (C=O) groups excluding carboxylic acids is 2. The second kappa shape index (κ2) is 7.95. The van der Waals surface area contributed by atoms with Crippen LogP contribution < -0.4 is 10.1 Å². The van der Waals surface area contributed by atoms with Crippen LogP contribution in [0.25, 0.3) is 0 Å². The first-order valence-corrected chi connectivity index (χ1v) is 8.54. The van der Waals surface area contributed by atoms with Crippen molar-refractivity contribution in [3.05, 3.63) is 59.0 Å². The fourth-order valence-electron chi connectivity index (χ4n) is 2.74. The van der Waals surface area contributed by atoms with Gasteiger partial charge in [0, 0.05) is 20.2 Å². The zero-order chi connectivity index (χ0) is 20.3. The third-order valence-corrected chi connectivity index (χ3v) is 4.14. The van der Waals surface area contributed by atoms with Gasteiger partial charge in [0.05, 0.1) is 18.5 Å². The minimum atomic E-state index is -0.591. The molecule has 3 rings (SSSR count). The van der Waals surface area contributed by atoms with E-state index < -0.39 is 11.9 Å². The van der Waals surface area contributed by atoms with Crippen molar-refractivity contribution < 1.29 is 19.1 Å². The molecule has 1 aromatic carbocycles. The Morgan fingerprint density at radius 3 is 2.50 bits per heavy atom. The molecular formula is C19H21N5O4. The Hall–Kier alpha value is -3.62. The van der Waals surface area contributed by atoms with Gasteiger partial charge in [-0.25, -0.2) is 9.48 Å². The van der Waals surface area contributed by atoms with E-state index in [4.69, 9.17) is 9.47 Å². The molecule has 28 heavy (non-hydrogen) atoms. The molecule has 0 saturated carbocycles. The highest BCUT2D eigenvalue weighted by Crippen LogP contribution is 2.22. The van der Waals surface area contributed by atoms with Crippen LogP contribution in [0.15, 0.2) is 36.4 Å². The smallest absolute Gasteiger partial charge is 0.358 e. The number of methoxy groups -OCH3 is 1. The van der Waals surface area contributed by atoms with Gasteiger partial charge in [0.2, 0.25) is 5.88 Å². The van der Waals surface area contributed by atoms with Crippen LogP contribution in [0, 0.1) is 6.92 Å². The zero-order valence-electron chi connectivity index (χ0n) is 16.1. The zero-order valence-corrected chi connectivity index (χ0v) is 16.1. The number of aryl methyl sites for hydroxylation is 3. The molecule has 0 aliphatic carbocycles. The van der Waals surface area contributed by atoms with Gasteiger partial charge in [-0.3, -0.25) is 9.48 Å². The SMILES string of the molecule is COC(=O)c1c(NC(=O)c2cc(OCc3ccccc3)n(C)n2)c(C)nn1C. The first-order chi connectivity index (χ1) is 13.4. The summed E-state index contributed by atoms with van der Waals surface area (Å²) >= 11 is 0. The number of aromatic nitrogens is 4. The second-order valence-corrected chi connectivity index (χ2v) is 6.14. The number of anilines is 1. The number of ether oxygens (including phenoxy) is 2. The Labute approximate surface area is 161 Å². The van der Waals surface area contributed by atoms with Gasteiger partial charge in [-0.05, 0) is 12.5 Å². The molecule has 146 valence electrons. The van der Waals surface area contributed by atoms with Crippen molar-refractivity contribution in [2.75, 3.05) is 12.4 Å². The Morgan fingerprint density at radius 1 is 1.11 bits per heavy atom. The number of hydrogen-bond donors (Lipinski definition) is 1. The lowest BCUT2D eigenvalue weighted by Gasteiger charge is -2.05. The van der Waals surface area contributed by atoms with Gasteiger partial charge >= 0.3 is 5.97 Å². The molecule has 9 heteroatoms. The highest BCUT2D eigenvalue weighted by molar-refractivity contribution is 6.07. The summed E-state index contributed by atoms with van der Waals surface area (Å²) in [5, 5.41) is 11.0. The van der Waals surface area contributed by atoms with Crippen molar-refractivity contribution in [1.29, 1.82) is 0 Å². The summed E-state index contributed by atoms with van der Waals surface area (Å²) in [4.78, 5) is 24.6. The first kappa shape index (κ1) is 19.2. The molecule has 0 fully saturated rings. The van der Waals surface area contributed by atoms with Gasteiger partial charge in [0.15, 0.2) is 11.4 Å². The first-order valence-electron chi connectivity index (χ1n) is 8.54. The quantitative estimate of drug-likeness (QED) is 0.654. The summed E-state index contributed by atoms with van der Waals surface area (Å²) in [7, 11) is 4.56. The Kier molecular flexibility index (Phi) is 5.44. The van der Waals surface area contributed by atoms with Gasteiger partial charge < -0.3 is 14.8 Å². The normalized spacial score (nSPS) is 10.6. The second-order valence-electron chi connectivity index (χ2n) is 6.14. The number of hydrogen-bond acceptors (Lipinski definition) is 6. The van der Waals surface area contributed by atoms with Gasteiger partial charge in [-0.2, -0.15) is 10.2 Å². The number of rotatable bonds is 6. The molecule has 0 unspecified atom stereocenters. The lowest BCUT2D eigenvalue weighted by molar-refractivity contribution is 0.0589. The molecular weight excluding hydrogens is 362 g/mol. The fourth-order valence-corrected chi connectivity index (χ4v) is 2.74. The molecule has 3 aromatic rings. The third kappa shape index (κ3) is 3.88. The number of nitrogens with one attached hydrogen (secondary N) is 1. The molecule has 0 radical (unpaired) electrons. The number of carbonyl (C=O) groups is 2. The molecule has 1 N–H and O–H groups in total. The van der Waals surface area contributed by atoms with Crippen LogP contribution in [0.1, 0.15) is 32.2 Å². The Bertz CT molecular complexity index is 1010. The Morgan fingerprint density at radius 2 is 1.82 bits per heavy atom. The predicted octanol–water partition coefficient (Wildman–Crippen LogP) is 2.08. The average molecular weight is 383 g/mol. The summed E-state index contributed by atoms with van der Waals surface area (Å²) in [6.07, 6.45) is 0. The van der Waals surface area contributed by atoms with Crippen LogP contribution in [0.2, 0.25) is 0 Å². The molecule has 0 bridgehead atoms. The van der Waals surface area contributed by atoms with E-state index in [9.17, 15) is 9.59 Å². The van der Waals surface area contributed by atoms with Crippen LogP contribution in [0.4, 0.5) is 5.69 Å². The topological polar surface area (TPSA) is 100 Å². The van der Waals surface area contributed by atoms with E-state index in [0.717, 1.165) is 5.56 Å². The van der Waals surface area contributed by atoms with Crippen LogP contribution in [0.3, 0.4) is 0 Å². The summed E-state index contributed by atoms with van der Waals surface area (Å²) in [6, 6.07) is 11.2. The molecule has 0 aliphatic heterocycles. The van der Waals surface area contributed by atoms with Crippen molar-refractivity contribution in [3.8, 4) is 5.88 Å². The summed E-state index contributed by atoms with van der Waals surface area (Å²) in [6.45, 7) is 2.05. The molecule has 0 saturated heterocycles. The number of nitrogens with zero attached hydrogens (tertiary/aromatic N) is 4. The maximum atomic E-state index is 12.6. The van der Waals surface area contributed by atoms with Gasteiger partial charge in [-0.15, -0.1) is 0 Å². The van der Waals surface area contributed by atoms with Crippen LogP contribution in [-0.4, -0.2) is 38.5 Å². The standard InChI is InChI=1S/C19H21N5O4/c1-12-16(17(19(26)27-4)24(3)21-12)20-18(25)14-10-15(23(2)22-14)28-11-13-8-6-5-7-9-13/h5-10H,11H2,1-4H3,(H,20,25). The fraction of sp³-hybridized carbons (Fsp3) is 0.263. The maximum absolute atomic E-state index is 12.6. The summed E-state index contributed by atoms with van der Waals surface area (Å²) < 4.78 is 13.4. The monoisotopic (exact) mass is 383 g/mol. The largest absolute Gasteiger partial charge is 0.473 e. The molecule has 0 spiro atoms. The van der Waals surface area contributed by atoms with E-state index in [1.165, 1.54) is 16.5 Å². The molecule has 0 atom stereocenters. The summed E-state index contributed by atoms with van der Waals surface area (Å²) in [5.41, 5.74) is 2.10. The van der Waals surface area contributed by atoms with E-state index in [1.54, 1.807) is 27.1 Å². The predicted molar refractivity (Wildman–Crippen MR) is 101 cm³/mol. The lowest BCUT2D eigenvalue weighted by Crippen LogP contribution is -2.17. The van der Waals surface area contributed by atoms with Crippen LogP contribution >= 0.6 is 0 Å². The van der Waals surface area contributed by atoms with Crippen molar-refractivity contribution in [1.82, 2.24) is 19.6 Å². The molecule has 0 aliphatic rings. The van der Waals surface area contributed by atoms with Crippen molar-refractivity contribution in [2.24, 2.45) is 14.1 Å². The lowest BCUT2D eigenvalue weighted by atomic mass is 10.2. The van der Waals surface area contributed by atoms with Crippen LogP contribution in [0.5, 0.6) is 5.88 Å². The van der Waals surface area contributed by atoms with Gasteiger partial charge in [0.1, 0.15) is 6.61 Å². The van der Waals surface area contributed by atoms with E-state index in [2.05, 4.69) is 15.5 Å². The number of benzene rings is 1. The molecule has 9 nitrogen and oxygen atoms in total. The molecule has 2 aromatic heterocycles. The van der Waals surface area contributed by atoms with Gasteiger partial charge in [-0.1, -0.05) is 30.3 Å². The Balaban J connectivity index is 1.76. The van der Waals surface area contributed by atoms with Gasteiger partial charge in [0.25, 0.3) is 5.91 Å². The molecule has 1 amide bonds. The highest BCUT2D eigenvalue weighted by Gasteiger charge is 2.24. The van der Waals surface area contributed by atoms with E-state index >= 15 is 0 Å². The highest BCUT2D eigenvalue weighted by atomic mass is 16.5. The molecule has 2 heterocycles. The van der Waals surface area contributed by atoms with Crippen molar-refractivity contribution in [2.45, 2.75) is 13.5 Å². The van der Waals surface area contributed by atoms with Crippen molar-refractivity contribution >= 4 is 17.6 Å². The van der Waals surface area contributed by atoms with Crippen LogP contribution in [-0.2, 0) is 25.4 Å². The van der Waals surface area contributed by atoms with E-state index in [0.29, 0.717) is 18.2 Å². The van der Waals surface area contributed by atoms with E-state index in [-0.39, 0.29) is 17.1 Å². The minimum Gasteiger partial charge on any atom is -0.473 e. The maximum Gasteiger partial charge on any atom is 0.358 e. The van der Waals surface area contributed by atoms with Crippen molar-refractivity contribution in [3.63, 3.8) is 0 Å². The number of esters is 1. The number of amides is 1. The van der Waals surface area contributed by atoms with E-state index in [1.807, 2.05) is 30.3 Å².